The number of nitrogens with zero attached hydrogens (tertiary/aromatic N) is 5. The summed E-state index contributed by atoms with van der Waals surface area (Å²) >= 11 is 5.65. The van der Waals surface area contributed by atoms with Crippen LogP contribution in [0.3, 0.4) is 0 Å². The van der Waals surface area contributed by atoms with E-state index < -0.39 is 0 Å². The van der Waals surface area contributed by atoms with E-state index in [4.69, 9.17) is 22.2 Å². The molecule has 8 heteroatoms. The Kier molecular flexibility index (Phi) is 8.41. The average molecular weight is 508 g/mol. The smallest absolute Gasteiger partial charge is 0.232 e. The van der Waals surface area contributed by atoms with Crippen LogP contribution in [0.1, 0.15) is 63.9 Å². The van der Waals surface area contributed by atoms with Gasteiger partial charge >= 0.3 is 0 Å². The highest BCUT2D eigenvalue weighted by molar-refractivity contribution is 7.80. The molecule has 0 bridgehead atoms. The third kappa shape index (κ3) is 6.58. The van der Waals surface area contributed by atoms with Gasteiger partial charge in [-0.05, 0) is 74.4 Å². The van der Waals surface area contributed by atoms with Crippen molar-refractivity contribution in [1.82, 2.24) is 15.3 Å². The highest BCUT2D eigenvalue weighted by Gasteiger charge is 2.21. The van der Waals surface area contributed by atoms with Crippen molar-refractivity contribution in [2.24, 2.45) is 5.92 Å². The third-order valence-electron chi connectivity index (χ3n) is 7.70. The predicted octanol–water partition coefficient (Wildman–Crippen LogP) is 5.18. The van der Waals surface area contributed by atoms with Crippen molar-refractivity contribution >= 4 is 40.6 Å². The van der Waals surface area contributed by atoms with E-state index >= 15 is 0 Å². The van der Waals surface area contributed by atoms with E-state index in [0.717, 1.165) is 37.8 Å². The van der Waals surface area contributed by atoms with Crippen LogP contribution in [0.25, 0.3) is 0 Å². The van der Waals surface area contributed by atoms with Crippen molar-refractivity contribution in [2.75, 3.05) is 59.3 Å². The van der Waals surface area contributed by atoms with Crippen molar-refractivity contribution in [2.45, 2.75) is 64.8 Å². The molecular formula is C28H41N7S. The fourth-order valence-electron chi connectivity index (χ4n) is 5.63. The molecule has 3 fully saturated rings. The number of benzene rings is 1. The predicted molar refractivity (Wildman–Crippen MR) is 154 cm³/mol. The van der Waals surface area contributed by atoms with Crippen LogP contribution >= 0.6 is 12.2 Å². The molecule has 36 heavy (non-hydrogen) atoms. The van der Waals surface area contributed by atoms with Crippen LogP contribution in [0, 0.1) is 5.92 Å². The molecular weight excluding hydrogens is 466 g/mol. The minimum absolute atomic E-state index is 0.560. The minimum Gasteiger partial charge on any atom is -0.372 e. The maximum atomic E-state index is 5.65. The Morgan fingerprint density at radius 3 is 2.14 bits per heavy atom. The Morgan fingerprint density at radius 1 is 0.833 bits per heavy atom. The van der Waals surface area contributed by atoms with Gasteiger partial charge < -0.3 is 25.3 Å². The zero-order valence-electron chi connectivity index (χ0n) is 21.7. The molecule has 1 unspecified atom stereocenters. The summed E-state index contributed by atoms with van der Waals surface area (Å²) < 4.78 is 0. The van der Waals surface area contributed by atoms with Crippen LogP contribution in [0.4, 0.5) is 23.3 Å². The Bertz CT molecular complexity index is 977. The fraction of sp³-hybridized carbons (Fsp3) is 0.607. The number of nitrogens with one attached hydrogen (secondary N) is 2. The van der Waals surface area contributed by atoms with E-state index in [1.807, 2.05) is 0 Å². The number of hydrogen-bond acceptors (Lipinski definition) is 6. The van der Waals surface area contributed by atoms with Crippen LogP contribution in [-0.2, 0) is 6.54 Å². The van der Waals surface area contributed by atoms with Crippen LogP contribution in [0.5, 0.6) is 0 Å². The molecule has 3 saturated heterocycles. The van der Waals surface area contributed by atoms with Gasteiger partial charge in [0.25, 0.3) is 0 Å². The lowest BCUT2D eigenvalue weighted by Crippen LogP contribution is -2.36. The number of aromatic nitrogens is 2. The van der Waals surface area contributed by atoms with E-state index in [1.165, 1.54) is 75.7 Å². The molecule has 1 aromatic heterocycles. The van der Waals surface area contributed by atoms with Crippen LogP contribution in [-0.4, -0.2) is 54.3 Å². The molecule has 2 N–H and O–H groups in total. The molecule has 5 rings (SSSR count). The number of piperidine rings is 1. The maximum absolute atomic E-state index is 5.65. The summed E-state index contributed by atoms with van der Waals surface area (Å²) in [7, 11) is 0. The first-order valence-corrected chi connectivity index (χ1v) is 14.3. The molecule has 0 spiro atoms. The van der Waals surface area contributed by atoms with Gasteiger partial charge in [-0.25, -0.2) is 0 Å². The Labute approximate surface area is 221 Å². The van der Waals surface area contributed by atoms with Gasteiger partial charge in [-0.2, -0.15) is 9.97 Å². The highest BCUT2D eigenvalue weighted by atomic mass is 32.1. The van der Waals surface area contributed by atoms with Crippen LogP contribution in [0.15, 0.2) is 30.3 Å². The first kappa shape index (κ1) is 25.1. The van der Waals surface area contributed by atoms with Gasteiger partial charge in [-0.3, -0.25) is 0 Å². The quantitative estimate of drug-likeness (QED) is 0.519. The van der Waals surface area contributed by atoms with E-state index in [2.05, 4.69) is 62.6 Å². The number of rotatable bonds is 6. The number of thiocarbonyl (C=S) groups is 1. The molecule has 3 aliphatic rings. The second-order valence-corrected chi connectivity index (χ2v) is 11.1. The van der Waals surface area contributed by atoms with Crippen LogP contribution in [0.2, 0.25) is 0 Å². The minimum atomic E-state index is 0.560. The summed E-state index contributed by atoms with van der Waals surface area (Å²) in [6.45, 7) is 9.56. The molecule has 4 heterocycles. The molecule has 194 valence electrons. The monoisotopic (exact) mass is 507 g/mol. The lowest BCUT2D eigenvalue weighted by Gasteiger charge is -2.33. The molecule has 0 radical (unpaired) electrons. The topological polar surface area (TPSA) is 59.6 Å². The van der Waals surface area contributed by atoms with Gasteiger partial charge in [-0.1, -0.05) is 31.9 Å². The molecule has 0 amide bonds. The summed E-state index contributed by atoms with van der Waals surface area (Å²) in [5.41, 5.74) is 2.53. The molecule has 2 aromatic rings. The van der Waals surface area contributed by atoms with Gasteiger partial charge in [0.2, 0.25) is 5.95 Å². The first-order chi connectivity index (χ1) is 17.6. The summed E-state index contributed by atoms with van der Waals surface area (Å²) in [5.74, 6) is 3.31. The molecule has 3 aliphatic heterocycles. The molecule has 1 atom stereocenters. The van der Waals surface area contributed by atoms with E-state index in [9.17, 15) is 0 Å². The zero-order valence-corrected chi connectivity index (χ0v) is 22.5. The highest BCUT2D eigenvalue weighted by Crippen LogP contribution is 2.27. The largest absolute Gasteiger partial charge is 0.372 e. The van der Waals surface area contributed by atoms with Gasteiger partial charge in [0.05, 0.1) is 0 Å². The second-order valence-electron chi connectivity index (χ2n) is 10.7. The Morgan fingerprint density at radius 2 is 1.44 bits per heavy atom. The van der Waals surface area contributed by atoms with E-state index in [0.29, 0.717) is 23.5 Å². The standard InChI is InChI=1S/C28H41N7S/c1-22-9-8-18-35(21-22)26-19-25(34-16-4-2-3-5-17-34)30-27(31-26)32-28(36)29-20-23-10-12-24(13-11-23)33-14-6-7-15-33/h10-13,19,22H,2-9,14-18,20-21H2,1H3,(H2,29,30,31,32,36). The van der Waals surface area contributed by atoms with Gasteiger partial charge in [0.15, 0.2) is 5.11 Å². The number of anilines is 4. The summed E-state index contributed by atoms with van der Waals surface area (Å²) in [6, 6.07) is 11.0. The summed E-state index contributed by atoms with van der Waals surface area (Å²) in [6.07, 6.45) is 10.1. The molecule has 7 nitrogen and oxygen atoms in total. The normalized spacial score (nSPS) is 20.8. The van der Waals surface area contributed by atoms with Gasteiger partial charge in [0.1, 0.15) is 11.6 Å². The summed E-state index contributed by atoms with van der Waals surface area (Å²) in [5, 5.41) is 7.20. The fourth-order valence-corrected chi connectivity index (χ4v) is 5.79. The Balaban J connectivity index is 1.25. The average Bonchev–Trinajstić information content (AvgIpc) is 3.30. The van der Waals surface area contributed by atoms with Gasteiger partial charge in [0, 0.05) is 57.6 Å². The van der Waals surface area contributed by atoms with Crippen LogP contribution < -0.4 is 25.3 Å². The Hall–Kier alpha value is -2.61. The summed E-state index contributed by atoms with van der Waals surface area (Å²) in [4.78, 5) is 17.1. The van der Waals surface area contributed by atoms with Crippen molar-refractivity contribution in [3.63, 3.8) is 0 Å². The first-order valence-electron chi connectivity index (χ1n) is 13.9. The van der Waals surface area contributed by atoms with E-state index in [-0.39, 0.29) is 0 Å². The molecule has 1 aromatic carbocycles. The van der Waals surface area contributed by atoms with Crippen molar-refractivity contribution in [1.29, 1.82) is 0 Å². The third-order valence-corrected chi connectivity index (χ3v) is 7.94. The molecule has 0 saturated carbocycles. The van der Waals surface area contributed by atoms with Gasteiger partial charge in [-0.15, -0.1) is 0 Å². The van der Waals surface area contributed by atoms with Crippen molar-refractivity contribution in [3.8, 4) is 0 Å². The van der Waals surface area contributed by atoms with Crippen molar-refractivity contribution in [3.05, 3.63) is 35.9 Å². The lowest BCUT2D eigenvalue weighted by atomic mass is 10.0. The lowest BCUT2D eigenvalue weighted by molar-refractivity contribution is 0.444. The maximum Gasteiger partial charge on any atom is 0.232 e. The molecule has 0 aliphatic carbocycles. The second kappa shape index (κ2) is 12.1. The van der Waals surface area contributed by atoms with E-state index in [1.54, 1.807) is 0 Å². The zero-order chi connectivity index (χ0) is 24.7. The number of hydrogen-bond donors (Lipinski definition) is 2. The van der Waals surface area contributed by atoms with Crippen molar-refractivity contribution < 1.29 is 0 Å². The SMILES string of the molecule is CC1CCCN(c2cc(N3CCCCCC3)nc(NC(=S)NCc3ccc(N4CCCC4)cc3)n2)C1.